The van der Waals surface area contributed by atoms with Crippen LogP contribution < -0.4 is 5.32 Å². The maximum atomic E-state index is 5.14. The molecule has 3 nitrogen and oxygen atoms in total. The third-order valence-electron chi connectivity index (χ3n) is 2.99. The van der Waals surface area contributed by atoms with Crippen LogP contribution in [0.2, 0.25) is 0 Å². The summed E-state index contributed by atoms with van der Waals surface area (Å²) < 4.78 is 5.14. The highest BCUT2D eigenvalue weighted by Crippen LogP contribution is 2.17. The average molecular weight is 214 g/mol. The second kappa shape index (κ2) is 4.20. The molecule has 0 unspecified atom stereocenters. The Bertz CT molecular complexity index is 489. The molecule has 2 heterocycles. The van der Waals surface area contributed by atoms with Gasteiger partial charge in [0.2, 0.25) is 0 Å². The van der Waals surface area contributed by atoms with E-state index in [-0.39, 0.29) is 0 Å². The number of pyridine rings is 1. The Balaban J connectivity index is 1.84. The molecule has 1 aliphatic heterocycles. The van der Waals surface area contributed by atoms with Crippen molar-refractivity contribution in [3.63, 3.8) is 0 Å². The van der Waals surface area contributed by atoms with E-state index in [1.165, 1.54) is 16.3 Å². The summed E-state index contributed by atoms with van der Waals surface area (Å²) in [5.41, 5.74) is 1.33. The van der Waals surface area contributed by atoms with Gasteiger partial charge in [-0.1, -0.05) is 18.2 Å². The van der Waals surface area contributed by atoms with E-state index in [1.807, 2.05) is 12.4 Å². The summed E-state index contributed by atoms with van der Waals surface area (Å²) in [5.74, 6) is 0. The normalized spacial score (nSPS) is 16.2. The van der Waals surface area contributed by atoms with Crippen LogP contribution in [0.15, 0.2) is 36.7 Å². The van der Waals surface area contributed by atoms with E-state index in [2.05, 4.69) is 34.6 Å². The lowest BCUT2D eigenvalue weighted by atomic mass is 10.1. The lowest BCUT2D eigenvalue weighted by Gasteiger charge is -2.27. The highest BCUT2D eigenvalue weighted by molar-refractivity contribution is 5.84. The number of ether oxygens (including phenoxy) is 1. The summed E-state index contributed by atoms with van der Waals surface area (Å²) in [5, 5.41) is 5.97. The first-order valence-corrected chi connectivity index (χ1v) is 5.56. The lowest BCUT2D eigenvalue weighted by Crippen LogP contribution is -2.45. The molecule has 3 heteroatoms. The van der Waals surface area contributed by atoms with Gasteiger partial charge in [-0.3, -0.25) is 4.98 Å². The lowest BCUT2D eigenvalue weighted by molar-refractivity contribution is -0.00574. The first-order chi connectivity index (χ1) is 7.93. The monoisotopic (exact) mass is 214 g/mol. The minimum atomic E-state index is 0.525. The summed E-state index contributed by atoms with van der Waals surface area (Å²) in [4.78, 5) is 4.14. The van der Waals surface area contributed by atoms with Crippen LogP contribution in [0.3, 0.4) is 0 Å². The number of rotatable bonds is 3. The van der Waals surface area contributed by atoms with E-state index in [1.54, 1.807) is 0 Å². The molecule has 0 aliphatic carbocycles. The average Bonchev–Trinajstić information content (AvgIpc) is 2.27. The Kier molecular flexibility index (Phi) is 2.56. The molecule has 82 valence electrons. The Morgan fingerprint density at radius 3 is 3.06 bits per heavy atom. The van der Waals surface area contributed by atoms with Crippen LogP contribution in [0, 0.1) is 0 Å². The van der Waals surface area contributed by atoms with Crippen LogP contribution >= 0.6 is 0 Å². The van der Waals surface area contributed by atoms with E-state index >= 15 is 0 Å². The molecule has 2 aromatic rings. The number of aromatic nitrogens is 1. The largest absolute Gasteiger partial charge is 0.378 e. The highest BCUT2D eigenvalue weighted by Gasteiger charge is 2.17. The number of fused-ring (bicyclic) bond motifs is 1. The van der Waals surface area contributed by atoms with Crippen LogP contribution in [0.5, 0.6) is 0 Å². The fourth-order valence-electron chi connectivity index (χ4n) is 1.95. The minimum Gasteiger partial charge on any atom is -0.378 e. The molecule has 0 radical (unpaired) electrons. The van der Waals surface area contributed by atoms with Gasteiger partial charge < -0.3 is 10.1 Å². The Morgan fingerprint density at radius 2 is 2.25 bits per heavy atom. The standard InChI is InChI=1S/C13H14N2O/c1-2-10-6-14-5-4-13(10)11(3-1)7-15-12-8-16-9-12/h1-6,12,15H,7-9H2. The Labute approximate surface area is 94.5 Å². The van der Waals surface area contributed by atoms with Crippen molar-refractivity contribution in [3.05, 3.63) is 42.2 Å². The van der Waals surface area contributed by atoms with Crippen molar-refractivity contribution in [1.82, 2.24) is 10.3 Å². The van der Waals surface area contributed by atoms with E-state index in [4.69, 9.17) is 4.74 Å². The third kappa shape index (κ3) is 1.79. The molecule has 1 aromatic heterocycles. The van der Waals surface area contributed by atoms with Gasteiger partial charge in [0, 0.05) is 24.3 Å². The van der Waals surface area contributed by atoms with Crippen molar-refractivity contribution in [1.29, 1.82) is 0 Å². The zero-order valence-electron chi connectivity index (χ0n) is 9.02. The van der Waals surface area contributed by atoms with Gasteiger partial charge >= 0.3 is 0 Å². The molecule has 0 amide bonds. The molecule has 1 N–H and O–H groups in total. The summed E-state index contributed by atoms with van der Waals surface area (Å²) >= 11 is 0. The fraction of sp³-hybridized carbons (Fsp3) is 0.308. The molecule has 0 atom stereocenters. The summed E-state index contributed by atoms with van der Waals surface area (Å²) in [7, 11) is 0. The van der Waals surface area contributed by atoms with Crippen molar-refractivity contribution in [2.24, 2.45) is 0 Å². The van der Waals surface area contributed by atoms with Crippen molar-refractivity contribution >= 4 is 10.8 Å². The van der Waals surface area contributed by atoms with Crippen molar-refractivity contribution < 1.29 is 4.74 Å². The van der Waals surface area contributed by atoms with Gasteiger partial charge in [-0.2, -0.15) is 0 Å². The maximum absolute atomic E-state index is 5.14. The molecule has 1 aromatic carbocycles. The van der Waals surface area contributed by atoms with Crippen molar-refractivity contribution in [3.8, 4) is 0 Å². The number of nitrogens with zero attached hydrogens (tertiary/aromatic N) is 1. The predicted molar refractivity (Wildman–Crippen MR) is 63.2 cm³/mol. The molecule has 1 fully saturated rings. The van der Waals surface area contributed by atoms with Gasteiger partial charge in [-0.05, 0) is 17.0 Å². The Morgan fingerprint density at radius 1 is 1.31 bits per heavy atom. The third-order valence-corrected chi connectivity index (χ3v) is 2.99. The van der Waals surface area contributed by atoms with Crippen LogP contribution in [-0.4, -0.2) is 24.2 Å². The van der Waals surface area contributed by atoms with E-state index in [0.717, 1.165) is 19.8 Å². The van der Waals surface area contributed by atoms with Crippen LogP contribution in [-0.2, 0) is 11.3 Å². The van der Waals surface area contributed by atoms with Gasteiger partial charge in [0.15, 0.2) is 0 Å². The molecule has 1 aliphatic rings. The smallest absolute Gasteiger partial charge is 0.0643 e. The first-order valence-electron chi connectivity index (χ1n) is 5.56. The van der Waals surface area contributed by atoms with Crippen molar-refractivity contribution in [2.45, 2.75) is 12.6 Å². The molecule has 3 rings (SSSR count). The highest BCUT2D eigenvalue weighted by atomic mass is 16.5. The molecule has 1 saturated heterocycles. The van der Waals surface area contributed by atoms with Gasteiger partial charge in [0.1, 0.15) is 0 Å². The minimum absolute atomic E-state index is 0.525. The second-order valence-corrected chi connectivity index (χ2v) is 4.13. The quantitative estimate of drug-likeness (QED) is 0.844. The van der Waals surface area contributed by atoms with Gasteiger partial charge in [-0.25, -0.2) is 0 Å². The summed E-state index contributed by atoms with van der Waals surface area (Å²) in [6.07, 6.45) is 3.75. The second-order valence-electron chi connectivity index (χ2n) is 4.13. The number of hydrogen-bond donors (Lipinski definition) is 1. The molecule has 0 saturated carbocycles. The Hall–Kier alpha value is -1.45. The van der Waals surface area contributed by atoms with E-state index < -0.39 is 0 Å². The maximum Gasteiger partial charge on any atom is 0.0643 e. The molecule has 16 heavy (non-hydrogen) atoms. The molecule has 0 spiro atoms. The summed E-state index contributed by atoms with van der Waals surface area (Å²) in [6.45, 7) is 2.58. The van der Waals surface area contributed by atoms with Gasteiger partial charge in [-0.15, -0.1) is 0 Å². The fourth-order valence-corrected chi connectivity index (χ4v) is 1.95. The zero-order chi connectivity index (χ0) is 10.8. The number of hydrogen-bond acceptors (Lipinski definition) is 3. The van der Waals surface area contributed by atoms with Gasteiger partial charge in [0.05, 0.1) is 19.3 Å². The molecule has 0 bridgehead atoms. The van der Waals surface area contributed by atoms with Crippen LogP contribution in [0.4, 0.5) is 0 Å². The van der Waals surface area contributed by atoms with E-state index in [0.29, 0.717) is 6.04 Å². The number of benzene rings is 1. The van der Waals surface area contributed by atoms with Crippen LogP contribution in [0.25, 0.3) is 10.8 Å². The SMILES string of the molecule is c1cc(CNC2COC2)c2ccncc2c1. The first kappa shape index (κ1) is 9.75. The topological polar surface area (TPSA) is 34.1 Å². The molecular formula is C13H14N2O. The summed E-state index contributed by atoms with van der Waals surface area (Å²) in [6, 6.07) is 8.94. The number of nitrogens with one attached hydrogen (secondary N) is 1. The van der Waals surface area contributed by atoms with Gasteiger partial charge in [0.25, 0.3) is 0 Å². The predicted octanol–water partition coefficient (Wildman–Crippen LogP) is 1.72. The molecular weight excluding hydrogens is 200 g/mol. The van der Waals surface area contributed by atoms with Crippen molar-refractivity contribution in [2.75, 3.05) is 13.2 Å². The van der Waals surface area contributed by atoms with E-state index in [9.17, 15) is 0 Å². The van der Waals surface area contributed by atoms with Crippen LogP contribution in [0.1, 0.15) is 5.56 Å². The zero-order valence-corrected chi connectivity index (χ0v) is 9.02.